The van der Waals surface area contributed by atoms with E-state index in [1.165, 1.54) is 6.26 Å². The monoisotopic (exact) mass is 373 g/mol. The molecule has 1 fully saturated rings. The largest absolute Gasteiger partial charge is 0.468 e. The molecule has 2 aromatic heterocycles. The minimum atomic E-state index is -0.640. The van der Waals surface area contributed by atoms with Crippen molar-refractivity contribution in [2.45, 2.75) is 38.8 Å². The lowest BCUT2D eigenvalue weighted by atomic mass is 10.0. The first kappa shape index (κ1) is 19.2. The molecule has 1 aliphatic heterocycles. The van der Waals surface area contributed by atoms with Gasteiger partial charge in [0.05, 0.1) is 18.6 Å². The molecule has 0 aromatic carbocycles. The van der Waals surface area contributed by atoms with Gasteiger partial charge in [0.25, 0.3) is 5.91 Å². The highest BCUT2D eigenvalue weighted by Gasteiger charge is 2.29. The summed E-state index contributed by atoms with van der Waals surface area (Å²) in [5.41, 5.74) is 0. The number of furan rings is 2. The molecule has 0 saturated carbocycles. The number of nitrogens with zero attached hydrogens (tertiary/aromatic N) is 1. The summed E-state index contributed by atoms with van der Waals surface area (Å²) in [4.78, 5) is 27.3. The van der Waals surface area contributed by atoms with Crippen LogP contribution in [0.15, 0.2) is 45.6 Å². The van der Waals surface area contributed by atoms with Gasteiger partial charge < -0.3 is 19.5 Å². The second kappa shape index (κ2) is 8.90. The minimum Gasteiger partial charge on any atom is -0.468 e. The van der Waals surface area contributed by atoms with Gasteiger partial charge in [0.2, 0.25) is 5.91 Å². The first-order valence-electron chi connectivity index (χ1n) is 9.46. The molecule has 2 unspecified atom stereocenters. The fraction of sp³-hybridized carbons (Fsp3) is 0.500. The number of carbonyl (C=O) groups excluding carboxylic acids is 2. The number of nitrogens with one attached hydrogen (secondary N) is 2. The van der Waals surface area contributed by atoms with Crippen molar-refractivity contribution in [1.82, 2.24) is 15.5 Å². The number of rotatable bonds is 8. The molecule has 27 heavy (non-hydrogen) atoms. The van der Waals surface area contributed by atoms with E-state index in [9.17, 15) is 9.59 Å². The molecule has 1 aliphatic rings. The predicted molar refractivity (Wildman–Crippen MR) is 100 cm³/mol. The quantitative estimate of drug-likeness (QED) is 0.743. The van der Waals surface area contributed by atoms with E-state index >= 15 is 0 Å². The third-order valence-electron chi connectivity index (χ3n) is 4.90. The number of amides is 2. The summed E-state index contributed by atoms with van der Waals surface area (Å²) in [5, 5.41) is 5.76. The average Bonchev–Trinajstić information content (AvgIpc) is 3.42. The predicted octanol–water partition coefficient (Wildman–Crippen LogP) is 2.58. The van der Waals surface area contributed by atoms with Crippen LogP contribution in [0.2, 0.25) is 0 Å². The smallest absolute Gasteiger partial charge is 0.287 e. The summed E-state index contributed by atoms with van der Waals surface area (Å²) in [5.74, 6) is 0.381. The molecule has 2 amide bonds. The van der Waals surface area contributed by atoms with E-state index in [0.717, 1.165) is 31.7 Å². The zero-order valence-corrected chi connectivity index (χ0v) is 15.8. The Morgan fingerprint density at radius 2 is 1.81 bits per heavy atom. The van der Waals surface area contributed by atoms with E-state index in [2.05, 4.69) is 15.5 Å². The summed E-state index contributed by atoms with van der Waals surface area (Å²) in [7, 11) is 0. The van der Waals surface area contributed by atoms with Gasteiger partial charge in [-0.25, -0.2) is 0 Å². The number of hydrogen-bond acceptors (Lipinski definition) is 5. The standard InChI is InChI=1S/C20H27N3O4/c1-14(2)18(22-19(24)17-8-6-12-27-17)20(25)21-13-15(16-7-5-11-26-16)23-9-3-4-10-23/h5-8,11-12,14-15,18H,3-4,9-10,13H2,1-2H3,(H,21,25)(H,22,24). The first-order chi connectivity index (χ1) is 13.1. The van der Waals surface area contributed by atoms with Crippen molar-refractivity contribution in [3.8, 4) is 0 Å². The van der Waals surface area contributed by atoms with Crippen molar-refractivity contribution in [3.63, 3.8) is 0 Å². The van der Waals surface area contributed by atoms with Crippen LogP contribution in [0, 0.1) is 5.92 Å². The van der Waals surface area contributed by atoms with Gasteiger partial charge in [0.1, 0.15) is 11.8 Å². The number of hydrogen-bond donors (Lipinski definition) is 2. The lowest BCUT2D eigenvalue weighted by molar-refractivity contribution is -0.124. The SMILES string of the molecule is CC(C)C(NC(=O)c1ccco1)C(=O)NCC(c1ccco1)N1CCCC1. The number of likely N-dealkylation sites (tertiary alicyclic amines) is 1. The highest BCUT2D eigenvalue weighted by molar-refractivity contribution is 5.95. The first-order valence-corrected chi connectivity index (χ1v) is 9.46. The van der Waals surface area contributed by atoms with Gasteiger partial charge in [-0.15, -0.1) is 0 Å². The lowest BCUT2D eigenvalue weighted by Crippen LogP contribution is -2.51. The van der Waals surface area contributed by atoms with Crippen molar-refractivity contribution < 1.29 is 18.4 Å². The molecule has 0 aliphatic carbocycles. The molecule has 0 bridgehead atoms. The molecule has 146 valence electrons. The molecule has 3 rings (SSSR count). The Balaban J connectivity index is 1.63. The van der Waals surface area contributed by atoms with E-state index < -0.39 is 11.9 Å². The minimum absolute atomic E-state index is 0.0000347. The molecule has 3 heterocycles. The van der Waals surface area contributed by atoms with Gasteiger partial charge in [0.15, 0.2) is 5.76 Å². The van der Waals surface area contributed by atoms with Crippen LogP contribution in [0.1, 0.15) is 49.0 Å². The maximum atomic E-state index is 12.8. The summed E-state index contributed by atoms with van der Waals surface area (Å²) in [6.07, 6.45) is 5.39. The lowest BCUT2D eigenvalue weighted by Gasteiger charge is -2.27. The van der Waals surface area contributed by atoms with Crippen LogP contribution in [0.5, 0.6) is 0 Å². The van der Waals surface area contributed by atoms with Crippen molar-refractivity contribution >= 4 is 11.8 Å². The molecule has 7 nitrogen and oxygen atoms in total. The van der Waals surface area contributed by atoms with Crippen LogP contribution in [-0.4, -0.2) is 42.4 Å². The molecule has 7 heteroatoms. The van der Waals surface area contributed by atoms with E-state index in [4.69, 9.17) is 8.83 Å². The van der Waals surface area contributed by atoms with Crippen LogP contribution >= 0.6 is 0 Å². The Morgan fingerprint density at radius 3 is 2.41 bits per heavy atom. The highest BCUT2D eigenvalue weighted by Crippen LogP contribution is 2.25. The second-order valence-electron chi connectivity index (χ2n) is 7.19. The van der Waals surface area contributed by atoms with E-state index in [1.807, 2.05) is 26.0 Å². The van der Waals surface area contributed by atoms with Crippen LogP contribution in [0.3, 0.4) is 0 Å². The fourth-order valence-electron chi connectivity index (χ4n) is 3.41. The van der Waals surface area contributed by atoms with Gasteiger partial charge in [-0.2, -0.15) is 0 Å². The summed E-state index contributed by atoms with van der Waals surface area (Å²) in [6, 6.07) is 6.38. The Kier molecular flexibility index (Phi) is 6.34. The van der Waals surface area contributed by atoms with Crippen molar-refractivity contribution in [3.05, 3.63) is 48.3 Å². The van der Waals surface area contributed by atoms with Gasteiger partial charge in [-0.05, 0) is 56.1 Å². The zero-order chi connectivity index (χ0) is 19.2. The summed E-state index contributed by atoms with van der Waals surface area (Å²) in [6.45, 7) is 6.22. The maximum Gasteiger partial charge on any atom is 0.287 e. The molecule has 2 atom stereocenters. The second-order valence-corrected chi connectivity index (χ2v) is 7.19. The highest BCUT2D eigenvalue weighted by atomic mass is 16.3. The molecule has 1 saturated heterocycles. The third kappa shape index (κ3) is 4.80. The van der Waals surface area contributed by atoms with Crippen molar-refractivity contribution in [2.75, 3.05) is 19.6 Å². The number of carbonyl (C=O) groups is 2. The van der Waals surface area contributed by atoms with Crippen LogP contribution < -0.4 is 10.6 Å². The Hall–Kier alpha value is -2.54. The van der Waals surface area contributed by atoms with Crippen molar-refractivity contribution in [2.24, 2.45) is 5.92 Å². The summed E-state index contributed by atoms with van der Waals surface area (Å²) >= 11 is 0. The van der Waals surface area contributed by atoms with Gasteiger partial charge in [-0.3, -0.25) is 14.5 Å². The van der Waals surface area contributed by atoms with E-state index in [0.29, 0.717) is 6.54 Å². The molecular formula is C20H27N3O4. The Bertz CT molecular complexity index is 719. The average molecular weight is 373 g/mol. The van der Waals surface area contributed by atoms with Crippen LogP contribution in [-0.2, 0) is 4.79 Å². The maximum absolute atomic E-state index is 12.8. The van der Waals surface area contributed by atoms with Gasteiger partial charge in [-0.1, -0.05) is 13.8 Å². The third-order valence-corrected chi connectivity index (χ3v) is 4.90. The zero-order valence-electron chi connectivity index (χ0n) is 15.8. The van der Waals surface area contributed by atoms with Crippen LogP contribution in [0.4, 0.5) is 0 Å². The topological polar surface area (TPSA) is 87.7 Å². The molecule has 2 N–H and O–H groups in total. The fourth-order valence-corrected chi connectivity index (χ4v) is 3.41. The van der Waals surface area contributed by atoms with E-state index in [1.54, 1.807) is 18.4 Å². The van der Waals surface area contributed by atoms with Gasteiger partial charge in [0, 0.05) is 6.54 Å². The molecular weight excluding hydrogens is 346 g/mol. The summed E-state index contributed by atoms with van der Waals surface area (Å²) < 4.78 is 10.7. The van der Waals surface area contributed by atoms with Gasteiger partial charge >= 0.3 is 0 Å². The van der Waals surface area contributed by atoms with Crippen molar-refractivity contribution in [1.29, 1.82) is 0 Å². The Labute approximate surface area is 159 Å². The van der Waals surface area contributed by atoms with Crippen LogP contribution in [0.25, 0.3) is 0 Å². The molecule has 2 aromatic rings. The molecule has 0 spiro atoms. The normalized spacial score (nSPS) is 17.0. The molecule has 0 radical (unpaired) electrons. The Morgan fingerprint density at radius 1 is 1.11 bits per heavy atom. The van der Waals surface area contributed by atoms with E-state index in [-0.39, 0.29) is 23.6 Å².